The highest BCUT2D eigenvalue weighted by Crippen LogP contribution is 2.23. The summed E-state index contributed by atoms with van der Waals surface area (Å²) < 4.78 is 9.04. The summed E-state index contributed by atoms with van der Waals surface area (Å²) in [7, 11) is 1.52. The zero-order valence-electron chi connectivity index (χ0n) is 8.38. The lowest BCUT2D eigenvalue weighted by Gasteiger charge is -1.99. The largest absolute Gasteiger partial charge is 0.481 e. The molecule has 0 atom stereocenters. The second-order valence-corrected chi connectivity index (χ2v) is 3.77. The maximum atomic E-state index is 10.7. The molecule has 0 spiro atoms. The van der Waals surface area contributed by atoms with E-state index >= 15 is 0 Å². The molecular weight excluding hydrogens is 228 g/mol. The Hall–Kier alpha value is -1.95. The lowest BCUT2D eigenvalue weighted by Crippen LogP contribution is -1.90. The van der Waals surface area contributed by atoms with E-state index in [-0.39, 0.29) is 4.88 Å². The van der Waals surface area contributed by atoms with E-state index in [1.165, 1.54) is 13.2 Å². The Bertz CT molecular complexity index is 524. The Kier molecular flexibility index (Phi) is 2.82. The van der Waals surface area contributed by atoms with Crippen LogP contribution in [0.2, 0.25) is 0 Å². The van der Waals surface area contributed by atoms with E-state index in [4.69, 9.17) is 9.84 Å². The molecule has 0 aliphatic rings. The van der Waals surface area contributed by atoms with Gasteiger partial charge in [-0.2, -0.15) is 4.37 Å². The van der Waals surface area contributed by atoms with Gasteiger partial charge in [0.05, 0.1) is 12.8 Å². The molecule has 5 nitrogen and oxygen atoms in total. The van der Waals surface area contributed by atoms with Crippen LogP contribution in [0.25, 0.3) is 11.3 Å². The van der Waals surface area contributed by atoms with Crippen molar-refractivity contribution in [1.29, 1.82) is 0 Å². The lowest BCUT2D eigenvalue weighted by molar-refractivity contribution is 0.0702. The summed E-state index contributed by atoms with van der Waals surface area (Å²) in [6.07, 6.45) is 1.59. The summed E-state index contributed by atoms with van der Waals surface area (Å²) in [5.41, 5.74) is 1.40. The zero-order valence-corrected chi connectivity index (χ0v) is 9.19. The molecule has 0 saturated heterocycles. The van der Waals surface area contributed by atoms with E-state index in [1.807, 2.05) is 0 Å². The highest BCUT2D eigenvalue weighted by atomic mass is 32.1. The molecule has 0 bridgehead atoms. The Balaban J connectivity index is 2.38. The maximum absolute atomic E-state index is 10.7. The van der Waals surface area contributed by atoms with E-state index in [9.17, 15) is 4.79 Å². The van der Waals surface area contributed by atoms with Crippen LogP contribution in [0.4, 0.5) is 0 Å². The van der Waals surface area contributed by atoms with Gasteiger partial charge >= 0.3 is 5.97 Å². The minimum Gasteiger partial charge on any atom is -0.481 e. The van der Waals surface area contributed by atoms with Crippen LogP contribution in [-0.2, 0) is 0 Å². The van der Waals surface area contributed by atoms with E-state index < -0.39 is 5.97 Å². The number of carboxylic acid groups (broad SMARTS) is 1. The first-order valence-corrected chi connectivity index (χ1v) is 5.18. The van der Waals surface area contributed by atoms with Crippen LogP contribution in [0.5, 0.6) is 5.88 Å². The molecule has 2 heterocycles. The van der Waals surface area contributed by atoms with Gasteiger partial charge in [-0.05, 0) is 23.7 Å². The fraction of sp³-hybridized carbons (Fsp3) is 0.100. The molecule has 16 heavy (non-hydrogen) atoms. The number of hydrogen-bond donors (Lipinski definition) is 1. The number of ether oxygens (including phenoxy) is 1. The van der Waals surface area contributed by atoms with Crippen molar-refractivity contribution in [2.45, 2.75) is 0 Å². The standard InChI is InChI=1S/C10H8N2O3S/c1-15-9-4-6(2-3-11-9)7-5-8(10(13)14)16-12-7/h2-5H,1H3,(H,13,14). The lowest BCUT2D eigenvalue weighted by atomic mass is 10.2. The molecule has 0 fully saturated rings. The molecule has 0 amide bonds. The first kappa shape index (κ1) is 10.6. The van der Waals surface area contributed by atoms with Gasteiger partial charge < -0.3 is 9.84 Å². The normalized spacial score (nSPS) is 10.1. The summed E-state index contributed by atoms with van der Waals surface area (Å²) in [5, 5.41) is 8.78. The summed E-state index contributed by atoms with van der Waals surface area (Å²) in [6, 6.07) is 4.99. The van der Waals surface area contributed by atoms with Crippen molar-refractivity contribution in [3.05, 3.63) is 29.3 Å². The number of aromatic nitrogens is 2. The van der Waals surface area contributed by atoms with Crippen molar-refractivity contribution < 1.29 is 14.6 Å². The fourth-order valence-electron chi connectivity index (χ4n) is 1.19. The topological polar surface area (TPSA) is 72.3 Å². The zero-order chi connectivity index (χ0) is 11.5. The Morgan fingerprint density at radius 1 is 1.50 bits per heavy atom. The van der Waals surface area contributed by atoms with Gasteiger partial charge in [0, 0.05) is 17.8 Å². The summed E-state index contributed by atoms with van der Waals surface area (Å²) in [5.74, 6) is -0.493. The van der Waals surface area contributed by atoms with Gasteiger partial charge in [0.2, 0.25) is 5.88 Å². The van der Waals surface area contributed by atoms with Gasteiger partial charge in [-0.3, -0.25) is 0 Å². The van der Waals surface area contributed by atoms with Crippen molar-refractivity contribution in [2.24, 2.45) is 0 Å². The number of nitrogens with zero attached hydrogens (tertiary/aromatic N) is 2. The SMILES string of the molecule is COc1cc(-c2cc(C(=O)O)sn2)ccn1. The monoisotopic (exact) mass is 236 g/mol. The number of hydrogen-bond acceptors (Lipinski definition) is 5. The number of methoxy groups -OCH3 is 1. The molecular formula is C10H8N2O3S. The van der Waals surface area contributed by atoms with E-state index in [0.717, 1.165) is 17.1 Å². The molecule has 2 rings (SSSR count). The van der Waals surface area contributed by atoms with Crippen molar-refractivity contribution in [1.82, 2.24) is 9.36 Å². The van der Waals surface area contributed by atoms with Crippen LogP contribution in [0, 0.1) is 0 Å². The molecule has 0 aliphatic carbocycles. The fourth-order valence-corrected chi connectivity index (χ4v) is 1.79. The molecule has 0 aromatic carbocycles. The predicted molar refractivity (Wildman–Crippen MR) is 58.9 cm³/mol. The van der Waals surface area contributed by atoms with Crippen molar-refractivity contribution in [3.63, 3.8) is 0 Å². The van der Waals surface area contributed by atoms with Crippen LogP contribution in [0.15, 0.2) is 24.4 Å². The van der Waals surface area contributed by atoms with Gasteiger partial charge in [-0.1, -0.05) is 0 Å². The average molecular weight is 236 g/mol. The predicted octanol–water partition coefficient (Wildman–Crippen LogP) is 1.91. The molecule has 2 aromatic rings. The highest BCUT2D eigenvalue weighted by molar-refractivity contribution is 7.08. The molecule has 0 radical (unpaired) electrons. The smallest absolute Gasteiger partial charge is 0.347 e. The van der Waals surface area contributed by atoms with E-state index in [2.05, 4.69) is 9.36 Å². The first-order valence-electron chi connectivity index (χ1n) is 4.41. The number of carboxylic acids is 1. The molecule has 2 aromatic heterocycles. The van der Waals surface area contributed by atoms with Crippen molar-refractivity contribution in [2.75, 3.05) is 7.11 Å². The Morgan fingerprint density at radius 3 is 2.94 bits per heavy atom. The van der Waals surface area contributed by atoms with Crippen LogP contribution in [0.1, 0.15) is 9.67 Å². The molecule has 0 saturated carbocycles. The van der Waals surface area contributed by atoms with Crippen LogP contribution in [-0.4, -0.2) is 27.5 Å². The number of aromatic carboxylic acids is 1. The third-order valence-corrected chi connectivity index (χ3v) is 2.74. The summed E-state index contributed by atoms with van der Waals surface area (Å²) >= 11 is 0.955. The number of carbonyl (C=O) groups is 1. The molecule has 82 valence electrons. The van der Waals surface area contributed by atoms with Crippen molar-refractivity contribution >= 4 is 17.5 Å². The van der Waals surface area contributed by atoms with E-state index in [1.54, 1.807) is 18.3 Å². The summed E-state index contributed by atoms with van der Waals surface area (Å²) in [6.45, 7) is 0. The average Bonchev–Trinajstić information content (AvgIpc) is 2.78. The Morgan fingerprint density at radius 2 is 2.31 bits per heavy atom. The molecule has 6 heteroatoms. The minimum absolute atomic E-state index is 0.214. The first-order chi connectivity index (χ1) is 7.70. The van der Waals surface area contributed by atoms with Crippen molar-refractivity contribution in [3.8, 4) is 17.1 Å². The van der Waals surface area contributed by atoms with Gasteiger partial charge in [0.15, 0.2) is 0 Å². The van der Waals surface area contributed by atoms with Gasteiger partial charge in [-0.25, -0.2) is 9.78 Å². The second kappa shape index (κ2) is 4.28. The van der Waals surface area contributed by atoms with Crippen LogP contribution >= 0.6 is 11.5 Å². The van der Waals surface area contributed by atoms with Crippen LogP contribution in [0.3, 0.4) is 0 Å². The maximum Gasteiger partial charge on any atom is 0.347 e. The molecule has 1 N–H and O–H groups in total. The minimum atomic E-state index is -0.968. The van der Waals surface area contributed by atoms with Gasteiger partial charge in [-0.15, -0.1) is 0 Å². The number of pyridine rings is 1. The quantitative estimate of drug-likeness (QED) is 0.881. The Labute approximate surface area is 95.5 Å². The van der Waals surface area contributed by atoms with Gasteiger partial charge in [0.1, 0.15) is 4.88 Å². The number of rotatable bonds is 3. The van der Waals surface area contributed by atoms with Crippen LogP contribution < -0.4 is 4.74 Å². The third kappa shape index (κ3) is 2.01. The molecule has 0 aliphatic heterocycles. The third-order valence-electron chi connectivity index (χ3n) is 1.96. The van der Waals surface area contributed by atoms with Gasteiger partial charge in [0.25, 0.3) is 0 Å². The second-order valence-electron chi connectivity index (χ2n) is 2.97. The highest BCUT2D eigenvalue weighted by Gasteiger charge is 2.10. The summed E-state index contributed by atoms with van der Waals surface area (Å²) in [4.78, 5) is 14.9. The molecule has 0 unspecified atom stereocenters. The van der Waals surface area contributed by atoms with E-state index in [0.29, 0.717) is 11.6 Å².